The summed E-state index contributed by atoms with van der Waals surface area (Å²) in [4.78, 5) is 11.2. The molecule has 6 nitrogen and oxygen atoms in total. The van der Waals surface area contributed by atoms with E-state index in [1.54, 1.807) is 25.4 Å². The van der Waals surface area contributed by atoms with Gasteiger partial charge in [-0.15, -0.1) is 0 Å². The van der Waals surface area contributed by atoms with Crippen LogP contribution in [0.3, 0.4) is 0 Å². The summed E-state index contributed by atoms with van der Waals surface area (Å²) in [7, 11) is 1.74. The van der Waals surface area contributed by atoms with Gasteiger partial charge in [-0.3, -0.25) is 0 Å². The van der Waals surface area contributed by atoms with Crippen molar-refractivity contribution < 1.29 is 13.7 Å². The number of pyridine rings is 1. The molecule has 3 heterocycles. The first kappa shape index (κ1) is 17.6. The molecule has 0 radical (unpaired) electrons. The van der Waals surface area contributed by atoms with Crippen molar-refractivity contribution in [2.24, 2.45) is 5.92 Å². The molecule has 0 N–H and O–H groups in total. The van der Waals surface area contributed by atoms with Gasteiger partial charge in [0.05, 0.1) is 12.2 Å². The first-order valence-corrected chi connectivity index (χ1v) is 8.98. The molecule has 1 aromatic carbocycles. The third kappa shape index (κ3) is 4.14. The number of rotatable bonds is 6. The smallest absolute Gasteiger partial charge is 0.259 e. The Morgan fingerprint density at radius 2 is 2.07 bits per heavy atom. The van der Waals surface area contributed by atoms with Crippen LogP contribution in [0.15, 0.2) is 47.1 Å². The average molecular weight is 368 g/mol. The summed E-state index contributed by atoms with van der Waals surface area (Å²) in [5, 5.41) is 4.01. The van der Waals surface area contributed by atoms with Crippen LogP contribution in [0, 0.1) is 11.7 Å². The normalized spacial score (nSPS) is 16.8. The minimum atomic E-state index is -0.259. The van der Waals surface area contributed by atoms with E-state index in [0.29, 0.717) is 24.1 Å². The third-order valence-corrected chi connectivity index (χ3v) is 4.75. The minimum absolute atomic E-state index is 0.259. The Bertz CT molecular complexity index is 880. The highest BCUT2D eigenvalue weighted by molar-refractivity contribution is 5.55. The molecule has 0 bridgehead atoms. The van der Waals surface area contributed by atoms with Gasteiger partial charge in [-0.2, -0.15) is 4.98 Å². The van der Waals surface area contributed by atoms with Crippen molar-refractivity contribution in [2.75, 3.05) is 31.7 Å². The molecule has 0 saturated carbocycles. The number of benzene rings is 1. The molecule has 1 aliphatic rings. The Morgan fingerprint density at radius 3 is 2.81 bits per heavy atom. The summed E-state index contributed by atoms with van der Waals surface area (Å²) in [6.07, 6.45) is 3.37. The van der Waals surface area contributed by atoms with Crippen LogP contribution in [-0.2, 0) is 11.2 Å². The fourth-order valence-electron chi connectivity index (χ4n) is 3.34. The third-order valence-electron chi connectivity index (χ3n) is 4.75. The number of aromatic nitrogens is 3. The molecular formula is C20H21FN4O2. The van der Waals surface area contributed by atoms with Crippen LogP contribution in [0.4, 0.5) is 10.2 Å². The van der Waals surface area contributed by atoms with E-state index in [-0.39, 0.29) is 5.82 Å². The quantitative estimate of drug-likeness (QED) is 0.665. The van der Waals surface area contributed by atoms with Crippen LogP contribution in [0.1, 0.15) is 17.8 Å². The van der Waals surface area contributed by atoms with E-state index in [9.17, 15) is 4.39 Å². The molecule has 1 atom stereocenters. The lowest BCUT2D eigenvalue weighted by molar-refractivity contribution is 0.161. The maximum atomic E-state index is 13.0. The Morgan fingerprint density at radius 1 is 1.22 bits per heavy atom. The zero-order valence-electron chi connectivity index (χ0n) is 15.1. The molecule has 1 fully saturated rings. The molecule has 1 saturated heterocycles. The second-order valence-corrected chi connectivity index (χ2v) is 6.78. The lowest BCUT2D eigenvalue weighted by atomic mass is 10.1. The lowest BCUT2D eigenvalue weighted by Crippen LogP contribution is -2.21. The average Bonchev–Trinajstić information content (AvgIpc) is 3.34. The topological polar surface area (TPSA) is 64.3 Å². The van der Waals surface area contributed by atoms with Gasteiger partial charge in [-0.1, -0.05) is 17.3 Å². The summed E-state index contributed by atoms with van der Waals surface area (Å²) in [6.45, 7) is 2.73. The van der Waals surface area contributed by atoms with Gasteiger partial charge in [0, 0.05) is 38.7 Å². The number of hydrogen-bond donors (Lipinski definition) is 0. The molecule has 3 aromatic rings. The number of ether oxygens (including phenoxy) is 1. The van der Waals surface area contributed by atoms with Crippen molar-refractivity contribution in [3.63, 3.8) is 0 Å². The van der Waals surface area contributed by atoms with Crippen molar-refractivity contribution in [1.82, 2.24) is 15.1 Å². The lowest BCUT2D eigenvalue weighted by Gasteiger charge is -2.17. The molecule has 0 spiro atoms. The standard InChI is InChI=1S/C20H21FN4O2/c1-26-13-15-8-9-25(12-15)19-7-4-16(11-22-19)20-23-18(24-27-20)10-14-2-5-17(21)6-3-14/h2-7,11,15H,8-10,12-13H2,1H3. The van der Waals surface area contributed by atoms with Crippen molar-refractivity contribution in [1.29, 1.82) is 0 Å². The molecule has 1 aliphatic heterocycles. The van der Waals surface area contributed by atoms with Gasteiger partial charge in [-0.25, -0.2) is 9.37 Å². The first-order chi connectivity index (χ1) is 13.2. The molecule has 2 aromatic heterocycles. The van der Waals surface area contributed by atoms with E-state index in [4.69, 9.17) is 9.26 Å². The zero-order chi connectivity index (χ0) is 18.6. The predicted molar refractivity (Wildman–Crippen MR) is 98.9 cm³/mol. The molecule has 140 valence electrons. The largest absolute Gasteiger partial charge is 0.384 e. The molecule has 0 aliphatic carbocycles. The van der Waals surface area contributed by atoms with E-state index < -0.39 is 0 Å². The van der Waals surface area contributed by atoms with Crippen molar-refractivity contribution in [3.8, 4) is 11.5 Å². The van der Waals surface area contributed by atoms with E-state index in [2.05, 4.69) is 20.0 Å². The SMILES string of the molecule is COCC1CCN(c2ccc(-c3nc(Cc4ccc(F)cc4)no3)cn2)C1. The van der Waals surface area contributed by atoms with Crippen molar-refractivity contribution in [3.05, 3.63) is 59.8 Å². The maximum Gasteiger partial charge on any atom is 0.259 e. The second kappa shape index (κ2) is 7.84. The fourth-order valence-corrected chi connectivity index (χ4v) is 3.34. The highest BCUT2D eigenvalue weighted by Gasteiger charge is 2.23. The van der Waals surface area contributed by atoms with E-state index in [1.807, 2.05) is 12.1 Å². The molecule has 4 rings (SSSR count). The second-order valence-electron chi connectivity index (χ2n) is 6.78. The summed E-state index contributed by atoms with van der Waals surface area (Å²) >= 11 is 0. The molecule has 1 unspecified atom stereocenters. The molecule has 27 heavy (non-hydrogen) atoms. The first-order valence-electron chi connectivity index (χ1n) is 8.98. The van der Waals surface area contributed by atoms with Gasteiger partial charge in [0.2, 0.25) is 0 Å². The van der Waals surface area contributed by atoms with Crippen LogP contribution in [0.25, 0.3) is 11.5 Å². The van der Waals surface area contributed by atoms with Crippen LogP contribution in [0.2, 0.25) is 0 Å². The maximum absolute atomic E-state index is 13.0. The number of hydrogen-bond acceptors (Lipinski definition) is 6. The van der Waals surface area contributed by atoms with Crippen molar-refractivity contribution in [2.45, 2.75) is 12.8 Å². The monoisotopic (exact) mass is 368 g/mol. The van der Waals surface area contributed by atoms with Crippen LogP contribution in [-0.4, -0.2) is 41.9 Å². The van der Waals surface area contributed by atoms with Gasteiger partial charge in [0.25, 0.3) is 5.89 Å². The number of nitrogens with zero attached hydrogens (tertiary/aromatic N) is 4. The van der Waals surface area contributed by atoms with Crippen LogP contribution < -0.4 is 4.90 Å². The van der Waals surface area contributed by atoms with Gasteiger partial charge in [-0.05, 0) is 36.2 Å². The summed E-state index contributed by atoms with van der Waals surface area (Å²) in [5.41, 5.74) is 1.71. The Kier molecular flexibility index (Phi) is 5.11. The number of methoxy groups -OCH3 is 1. The van der Waals surface area contributed by atoms with E-state index >= 15 is 0 Å². The predicted octanol–water partition coefficient (Wildman–Crippen LogP) is 3.33. The Balaban J connectivity index is 1.42. The zero-order valence-corrected chi connectivity index (χ0v) is 15.1. The summed E-state index contributed by atoms with van der Waals surface area (Å²) in [6, 6.07) is 10.2. The van der Waals surface area contributed by atoms with Crippen molar-refractivity contribution >= 4 is 5.82 Å². The number of halogens is 1. The fraction of sp³-hybridized carbons (Fsp3) is 0.350. The van der Waals surface area contributed by atoms with Gasteiger partial charge in [0.15, 0.2) is 5.82 Å². The van der Waals surface area contributed by atoms with Gasteiger partial charge < -0.3 is 14.2 Å². The summed E-state index contributed by atoms with van der Waals surface area (Å²) in [5.74, 6) is 2.24. The summed E-state index contributed by atoms with van der Waals surface area (Å²) < 4.78 is 23.6. The van der Waals surface area contributed by atoms with Gasteiger partial charge >= 0.3 is 0 Å². The molecule has 0 amide bonds. The van der Waals surface area contributed by atoms with E-state index in [1.165, 1.54) is 12.1 Å². The molecule has 7 heteroatoms. The minimum Gasteiger partial charge on any atom is -0.384 e. The van der Waals surface area contributed by atoms with Crippen LogP contribution >= 0.6 is 0 Å². The van der Waals surface area contributed by atoms with Gasteiger partial charge in [0.1, 0.15) is 11.6 Å². The Labute approximate surface area is 157 Å². The molecular weight excluding hydrogens is 347 g/mol. The Hall–Kier alpha value is -2.80. The van der Waals surface area contributed by atoms with Crippen LogP contribution in [0.5, 0.6) is 0 Å². The highest BCUT2D eigenvalue weighted by Crippen LogP contribution is 2.24. The highest BCUT2D eigenvalue weighted by atomic mass is 19.1. The van der Waals surface area contributed by atoms with E-state index in [0.717, 1.165) is 43.1 Å². The number of anilines is 1.